The highest BCUT2D eigenvalue weighted by Gasteiger charge is 1.94. The number of hydrogen-bond donors (Lipinski definition) is 2. The summed E-state index contributed by atoms with van der Waals surface area (Å²) in [7, 11) is 0. The minimum absolute atomic E-state index is 0. The van der Waals surface area contributed by atoms with Gasteiger partial charge in [-0.25, -0.2) is 0 Å². The van der Waals surface area contributed by atoms with E-state index in [0.29, 0.717) is 19.6 Å². The monoisotopic (exact) mass is 213 g/mol. The third-order valence-corrected chi connectivity index (χ3v) is 1.15. The maximum atomic E-state index is 5.31. The van der Waals surface area contributed by atoms with Crippen molar-refractivity contribution in [1.82, 2.24) is 15.0 Å². The average molecular weight is 214 g/mol. The number of halogens is 2. The lowest BCUT2D eigenvalue weighted by atomic mass is 10.5. The molecule has 12 heavy (non-hydrogen) atoms. The molecule has 0 aromatic carbocycles. The van der Waals surface area contributed by atoms with Crippen molar-refractivity contribution in [3.05, 3.63) is 11.9 Å². The first-order valence-corrected chi connectivity index (χ1v) is 3.16. The fourth-order valence-corrected chi connectivity index (χ4v) is 0.674. The summed E-state index contributed by atoms with van der Waals surface area (Å²) < 4.78 is 1.68. The summed E-state index contributed by atoms with van der Waals surface area (Å²) >= 11 is 0. The van der Waals surface area contributed by atoms with Crippen LogP contribution in [-0.4, -0.2) is 21.5 Å². The summed E-state index contributed by atoms with van der Waals surface area (Å²) in [5, 5.41) is 7.57. The van der Waals surface area contributed by atoms with Crippen molar-refractivity contribution in [3.8, 4) is 0 Å². The van der Waals surface area contributed by atoms with Crippen LogP contribution in [0.3, 0.4) is 0 Å². The summed E-state index contributed by atoms with van der Waals surface area (Å²) in [6, 6.07) is 0. The second-order valence-corrected chi connectivity index (χ2v) is 1.97. The molecule has 0 saturated heterocycles. The molecule has 1 aromatic heterocycles. The van der Waals surface area contributed by atoms with Crippen molar-refractivity contribution >= 4 is 24.8 Å². The first kappa shape index (κ1) is 14.2. The van der Waals surface area contributed by atoms with Crippen LogP contribution in [0, 0.1) is 0 Å². The van der Waals surface area contributed by atoms with Crippen molar-refractivity contribution in [1.29, 1.82) is 0 Å². The first-order valence-electron chi connectivity index (χ1n) is 3.16. The van der Waals surface area contributed by atoms with E-state index in [0.717, 1.165) is 5.69 Å². The predicted molar refractivity (Wildman–Crippen MR) is 51.5 cm³/mol. The smallest absolute Gasteiger partial charge is 0.0962 e. The van der Waals surface area contributed by atoms with E-state index in [2.05, 4.69) is 10.3 Å². The Morgan fingerprint density at radius 1 is 1.33 bits per heavy atom. The van der Waals surface area contributed by atoms with Gasteiger partial charge >= 0.3 is 0 Å². The lowest BCUT2D eigenvalue weighted by molar-refractivity contribution is 0.598. The number of rotatable bonds is 3. The molecule has 0 unspecified atom stereocenters. The second kappa shape index (κ2) is 7.30. The molecule has 0 fully saturated rings. The average Bonchev–Trinajstić information content (AvgIpc) is 2.37. The highest BCUT2D eigenvalue weighted by atomic mass is 35.5. The van der Waals surface area contributed by atoms with Crippen LogP contribution in [0.1, 0.15) is 5.69 Å². The SMILES string of the molecule is Cl.Cl.NCCn1cc(CN)nn1. The molecule has 4 N–H and O–H groups in total. The van der Waals surface area contributed by atoms with Gasteiger partial charge in [0.2, 0.25) is 0 Å². The molecule has 0 aliphatic rings. The third-order valence-electron chi connectivity index (χ3n) is 1.15. The Hall–Kier alpha value is -0.360. The Kier molecular flexibility index (Phi) is 8.62. The fourth-order valence-electron chi connectivity index (χ4n) is 0.674. The minimum Gasteiger partial charge on any atom is -0.329 e. The number of hydrogen-bond acceptors (Lipinski definition) is 4. The third kappa shape index (κ3) is 3.87. The molecule has 1 rings (SSSR count). The van der Waals surface area contributed by atoms with Crippen molar-refractivity contribution in [3.63, 3.8) is 0 Å². The zero-order chi connectivity index (χ0) is 7.40. The molecule has 0 saturated carbocycles. The topological polar surface area (TPSA) is 82.8 Å². The fraction of sp³-hybridized carbons (Fsp3) is 0.600. The molecule has 0 amide bonds. The van der Waals surface area contributed by atoms with Gasteiger partial charge in [-0.15, -0.1) is 29.9 Å². The summed E-state index contributed by atoms with van der Waals surface area (Å²) in [5.74, 6) is 0. The van der Waals surface area contributed by atoms with E-state index < -0.39 is 0 Å². The summed E-state index contributed by atoms with van der Waals surface area (Å²) in [5.41, 5.74) is 11.4. The van der Waals surface area contributed by atoms with E-state index in [1.54, 1.807) is 10.9 Å². The lowest BCUT2D eigenvalue weighted by Crippen LogP contribution is -2.10. The molecular weight excluding hydrogens is 201 g/mol. The van der Waals surface area contributed by atoms with E-state index in [1.807, 2.05) is 0 Å². The highest BCUT2D eigenvalue weighted by molar-refractivity contribution is 5.85. The summed E-state index contributed by atoms with van der Waals surface area (Å²) in [6.07, 6.45) is 1.80. The molecule has 1 heterocycles. The van der Waals surface area contributed by atoms with E-state index in [-0.39, 0.29) is 24.8 Å². The van der Waals surface area contributed by atoms with Crippen molar-refractivity contribution in [2.24, 2.45) is 11.5 Å². The Bertz CT molecular complexity index is 201. The molecule has 5 nitrogen and oxygen atoms in total. The Balaban J connectivity index is 0. The van der Waals surface area contributed by atoms with Crippen LogP contribution in [-0.2, 0) is 13.1 Å². The molecule has 0 atom stereocenters. The van der Waals surface area contributed by atoms with Crippen LogP contribution < -0.4 is 11.5 Å². The van der Waals surface area contributed by atoms with Gasteiger partial charge in [0, 0.05) is 19.3 Å². The number of nitrogens with two attached hydrogens (primary N) is 2. The molecular formula is C5H13Cl2N5. The minimum atomic E-state index is 0. The van der Waals surface area contributed by atoms with Crippen molar-refractivity contribution in [2.45, 2.75) is 13.1 Å². The van der Waals surface area contributed by atoms with Crippen LogP contribution in [0.2, 0.25) is 0 Å². The molecule has 0 bridgehead atoms. The Morgan fingerprint density at radius 3 is 2.42 bits per heavy atom. The zero-order valence-electron chi connectivity index (χ0n) is 6.51. The Morgan fingerprint density at radius 2 is 2.00 bits per heavy atom. The molecule has 0 aliphatic carbocycles. The Labute approximate surface area is 83.3 Å². The van der Waals surface area contributed by atoms with E-state index in [9.17, 15) is 0 Å². The van der Waals surface area contributed by atoms with Gasteiger partial charge in [0.25, 0.3) is 0 Å². The van der Waals surface area contributed by atoms with Gasteiger partial charge in [0.15, 0.2) is 0 Å². The molecule has 7 heteroatoms. The van der Waals surface area contributed by atoms with Crippen LogP contribution >= 0.6 is 24.8 Å². The van der Waals surface area contributed by atoms with Crippen LogP contribution in [0.25, 0.3) is 0 Å². The van der Waals surface area contributed by atoms with Gasteiger partial charge in [0.1, 0.15) is 0 Å². The molecule has 0 aliphatic heterocycles. The maximum absolute atomic E-state index is 5.31. The normalized spacial score (nSPS) is 8.50. The van der Waals surface area contributed by atoms with Crippen LogP contribution in [0.5, 0.6) is 0 Å². The van der Waals surface area contributed by atoms with E-state index in [4.69, 9.17) is 11.5 Å². The predicted octanol–water partition coefficient (Wildman–Crippen LogP) is -0.461. The van der Waals surface area contributed by atoms with E-state index in [1.165, 1.54) is 0 Å². The van der Waals surface area contributed by atoms with Gasteiger partial charge in [-0.05, 0) is 0 Å². The van der Waals surface area contributed by atoms with Crippen LogP contribution in [0.4, 0.5) is 0 Å². The standard InChI is InChI=1S/C5H11N5.2ClH/c6-1-2-10-4-5(3-7)8-9-10;;/h4H,1-3,6-7H2;2*1H. The number of nitrogens with zero attached hydrogens (tertiary/aromatic N) is 3. The van der Waals surface area contributed by atoms with Gasteiger partial charge in [-0.1, -0.05) is 5.21 Å². The quantitative estimate of drug-likeness (QED) is 0.713. The van der Waals surface area contributed by atoms with Crippen molar-refractivity contribution < 1.29 is 0 Å². The number of aromatic nitrogens is 3. The van der Waals surface area contributed by atoms with E-state index >= 15 is 0 Å². The largest absolute Gasteiger partial charge is 0.329 e. The first-order chi connectivity index (χ1) is 4.86. The summed E-state index contributed by atoms with van der Waals surface area (Å²) in [4.78, 5) is 0. The van der Waals surface area contributed by atoms with Gasteiger partial charge in [-0.2, -0.15) is 0 Å². The molecule has 72 valence electrons. The van der Waals surface area contributed by atoms with Gasteiger partial charge < -0.3 is 11.5 Å². The summed E-state index contributed by atoms with van der Waals surface area (Å²) in [6.45, 7) is 1.71. The second-order valence-electron chi connectivity index (χ2n) is 1.97. The molecule has 1 aromatic rings. The van der Waals surface area contributed by atoms with Crippen molar-refractivity contribution in [2.75, 3.05) is 6.54 Å². The van der Waals surface area contributed by atoms with Crippen LogP contribution in [0.15, 0.2) is 6.20 Å². The van der Waals surface area contributed by atoms with Gasteiger partial charge in [-0.3, -0.25) is 4.68 Å². The molecule has 0 spiro atoms. The lowest BCUT2D eigenvalue weighted by Gasteiger charge is -1.91. The zero-order valence-corrected chi connectivity index (χ0v) is 8.14. The van der Waals surface area contributed by atoms with Gasteiger partial charge in [0.05, 0.1) is 12.2 Å². The highest BCUT2D eigenvalue weighted by Crippen LogP contribution is 1.88. The maximum Gasteiger partial charge on any atom is 0.0962 e. The molecule has 0 radical (unpaired) electrons.